The van der Waals surface area contributed by atoms with E-state index < -0.39 is 0 Å². The number of H-pyrrole nitrogens is 1. The lowest BCUT2D eigenvalue weighted by Crippen LogP contribution is -2.56. The molecule has 3 aromatic heterocycles. The second-order valence-corrected chi connectivity index (χ2v) is 10.5. The summed E-state index contributed by atoms with van der Waals surface area (Å²) in [6.45, 7) is 6.64. The minimum atomic E-state index is 0.275. The number of nitrogens with one attached hydrogen (secondary N) is 2. The molecule has 6 heterocycles. The van der Waals surface area contributed by atoms with Crippen LogP contribution in [0, 0.1) is 5.92 Å². The smallest absolute Gasteiger partial charge is 0.226 e. The van der Waals surface area contributed by atoms with Crippen LogP contribution < -0.4 is 15.1 Å². The zero-order valence-corrected chi connectivity index (χ0v) is 20.0. The van der Waals surface area contributed by atoms with Crippen molar-refractivity contribution in [1.29, 1.82) is 0 Å². The van der Waals surface area contributed by atoms with Gasteiger partial charge in [-0.1, -0.05) is 0 Å². The Balaban J connectivity index is 1.15. The zero-order valence-electron chi connectivity index (χ0n) is 20.0. The second kappa shape index (κ2) is 8.15. The quantitative estimate of drug-likeness (QED) is 0.591. The van der Waals surface area contributed by atoms with E-state index in [1.54, 1.807) is 0 Å². The molecule has 3 atom stereocenters. The molecule has 2 N–H and O–H groups in total. The van der Waals surface area contributed by atoms with E-state index in [1.807, 2.05) is 12.4 Å². The third kappa shape index (κ3) is 3.71. The Kier molecular flexibility index (Phi) is 4.90. The molecule has 0 aromatic carbocycles. The molecule has 2 bridgehead atoms. The summed E-state index contributed by atoms with van der Waals surface area (Å²) in [6, 6.07) is 5.18. The largest absolute Gasteiger partial charge is 0.354 e. The fourth-order valence-electron chi connectivity index (χ4n) is 5.98. The Morgan fingerprint density at radius 2 is 1.86 bits per heavy atom. The fourth-order valence-corrected chi connectivity index (χ4v) is 5.98. The van der Waals surface area contributed by atoms with Crippen LogP contribution in [0.5, 0.6) is 0 Å². The number of aromatic nitrogens is 5. The van der Waals surface area contributed by atoms with Crippen LogP contribution in [0.15, 0.2) is 24.5 Å². The number of piperazine rings is 2. The molecule has 3 saturated heterocycles. The molecule has 10 nitrogen and oxygen atoms in total. The number of aromatic amines is 1. The summed E-state index contributed by atoms with van der Waals surface area (Å²) in [6.07, 6.45) is 8.00. The molecule has 3 aromatic rings. The topological polar surface area (TPSA) is 106 Å². The van der Waals surface area contributed by atoms with E-state index in [-0.39, 0.29) is 18.0 Å². The van der Waals surface area contributed by atoms with E-state index in [2.05, 4.69) is 49.3 Å². The van der Waals surface area contributed by atoms with Gasteiger partial charge in [0.1, 0.15) is 22.5 Å². The summed E-state index contributed by atoms with van der Waals surface area (Å²) in [5.74, 6) is 2.36. The minimum Gasteiger partial charge on any atom is -0.354 e. The summed E-state index contributed by atoms with van der Waals surface area (Å²) < 4.78 is 0. The van der Waals surface area contributed by atoms with Gasteiger partial charge in [0.2, 0.25) is 11.9 Å². The molecule has 4 aliphatic rings. The summed E-state index contributed by atoms with van der Waals surface area (Å²) in [5.41, 5.74) is 3.37. The van der Waals surface area contributed by atoms with Gasteiger partial charge >= 0.3 is 0 Å². The first kappa shape index (κ1) is 21.0. The molecule has 1 amide bonds. The van der Waals surface area contributed by atoms with Crippen LogP contribution in [0.2, 0.25) is 0 Å². The number of amides is 1. The van der Waals surface area contributed by atoms with E-state index >= 15 is 0 Å². The number of fused-ring (bicyclic) bond motifs is 3. The number of pyridine rings is 1. The van der Waals surface area contributed by atoms with Gasteiger partial charge in [-0.25, -0.2) is 15.0 Å². The van der Waals surface area contributed by atoms with Gasteiger partial charge in [-0.15, -0.1) is 0 Å². The molecule has 1 aliphatic carbocycles. The highest BCUT2D eigenvalue weighted by atomic mass is 16.2. The first-order chi connectivity index (χ1) is 17.1. The molecule has 35 heavy (non-hydrogen) atoms. The predicted octanol–water partition coefficient (Wildman–Crippen LogP) is 1.80. The van der Waals surface area contributed by atoms with Crippen LogP contribution >= 0.6 is 0 Å². The summed E-state index contributed by atoms with van der Waals surface area (Å²) in [5, 5.41) is 11.1. The molecule has 4 fully saturated rings. The van der Waals surface area contributed by atoms with Gasteiger partial charge in [-0.2, -0.15) is 5.10 Å². The monoisotopic (exact) mass is 473 g/mol. The maximum Gasteiger partial charge on any atom is 0.226 e. The van der Waals surface area contributed by atoms with Crippen molar-refractivity contribution in [2.45, 2.75) is 50.7 Å². The van der Waals surface area contributed by atoms with Gasteiger partial charge in [0.05, 0.1) is 6.20 Å². The highest BCUT2D eigenvalue weighted by molar-refractivity contribution is 5.89. The number of rotatable bonds is 4. The Bertz CT molecular complexity index is 1240. The van der Waals surface area contributed by atoms with Gasteiger partial charge in [0.25, 0.3) is 0 Å². The lowest BCUT2D eigenvalue weighted by atomic mass is 10.1. The van der Waals surface area contributed by atoms with E-state index in [0.29, 0.717) is 11.9 Å². The number of carbonyl (C=O) groups is 1. The normalized spacial score (nSPS) is 26.5. The van der Waals surface area contributed by atoms with Crippen LogP contribution in [-0.4, -0.2) is 86.8 Å². The average molecular weight is 474 g/mol. The van der Waals surface area contributed by atoms with Crippen molar-refractivity contribution >= 4 is 28.7 Å². The van der Waals surface area contributed by atoms with Gasteiger partial charge in [0.15, 0.2) is 0 Å². The average Bonchev–Trinajstić information content (AvgIpc) is 3.60. The molecule has 3 aliphatic heterocycles. The third-order valence-corrected chi connectivity index (χ3v) is 7.95. The van der Waals surface area contributed by atoms with Gasteiger partial charge in [0, 0.05) is 68.5 Å². The number of hydrogen-bond acceptors (Lipinski definition) is 8. The van der Waals surface area contributed by atoms with E-state index in [4.69, 9.17) is 15.0 Å². The Labute approximate surface area is 204 Å². The van der Waals surface area contributed by atoms with Crippen molar-refractivity contribution in [1.82, 2.24) is 35.4 Å². The van der Waals surface area contributed by atoms with Crippen molar-refractivity contribution in [2.75, 3.05) is 42.5 Å². The first-order valence-corrected chi connectivity index (χ1v) is 12.9. The van der Waals surface area contributed by atoms with Crippen LogP contribution in [0.25, 0.3) is 22.3 Å². The number of nitrogens with zero attached hydrogens (tertiary/aromatic N) is 7. The molecule has 0 unspecified atom stereocenters. The molecular weight excluding hydrogens is 442 g/mol. The highest BCUT2D eigenvalue weighted by Crippen LogP contribution is 2.37. The molecule has 0 radical (unpaired) electrons. The Hall–Kier alpha value is -3.27. The summed E-state index contributed by atoms with van der Waals surface area (Å²) >= 11 is 0. The van der Waals surface area contributed by atoms with Crippen molar-refractivity contribution < 1.29 is 4.79 Å². The highest BCUT2D eigenvalue weighted by Gasteiger charge is 2.45. The zero-order chi connectivity index (χ0) is 23.5. The maximum absolute atomic E-state index is 12.7. The predicted molar refractivity (Wildman–Crippen MR) is 133 cm³/mol. The van der Waals surface area contributed by atoms with Gasteiger partial charge < -0.3 is 20.0 Å². The van der Waals surface area contributed by atoms with Crippen LogP contribution in [0.4, 0.5) is 11.8 Å². The van der Waals surface area contributed by atoms with Crippen LogP contribution in [0.1, 0.15) is 32.6 Å². The molecule has 10 heteroatoms. The van der Waals surface area contributed by atoms with Crippen LogP contribution in [0.3, 0.4) is 0 Å². The minimum absolute atomic E-state index is 0.275. The Morgan fingerprint density at radius 3 is 2.57 bits per heavy atom. The van der Waals surface area contributed by atoms with Crippen molar-refractivity contribution in [3.8, 4) is 11.3 Å². The molecule has 182 valence electrons. The maximum atomic E-state index is 12.7. The molecular formula is C25H31N9O. The lowest BCUT2D eigenvalue weighted by Gasteiger charge is -2.41. The number of anilines is 2. The summed E-state index contributed by atoms with van der Waals surface area (Å²) in [7, 11) is 0. The number of carbonyl (C=O) groups excluding carboxylic acids is 1. The van der Waals surface area contributed by atoms with Crippen LogP contribution in [-0.2, 0) is 4.79 Å². The molecule has 0 spiro atoms. The summed E-state index contributed by atoms with van der Waals surface area (Å²) in [4.78, 5) is 33.8. The SMILES string of the molecule is C[C@@H]1CN(c2ccc(-c3n[nH]c4cnc(N5[C@@H]6CC[C@H]5CN(C(=O)C5CC5)C6)nc34)cn2)CCN1. The molecule has 1 saturated carbocycles. The lowest BCUT2D eigenvalue weighted by molar-refractivity contribution is -0.133. The van der Waals surface area contributed by atoms with E-state index in [1.165, 1.54) is 0 Å². The molecule has 7 rings (SSSR count). The van der Waals surface area contributed by atoms with E-state index in [9.17, 15) is 4.79 Å². The van der Waals surface area contributed by atoms with Crippen molar-refractivity contribution in [3.05, 3.63) is 24.5 Å². The first-order valence-electron chi connectivity index (χ1n) is 12.9. The third-order valence-electron chi connectivity index (χ3n) is 7.95. The number of likely N-dealkylation sites (tertiary alicyclic amines) is 1. The van der Waals surface area contributed by atoms with Crippen molar-refractivity contribution in [3.63, 3.8) is 0 Å². The van der Waals surface area contributed by atoms with Crippen molar-refractivity contribution in [2.24, 2.45) is 5.92 Å². The standard InChI is InChI=1S/C25H31N9O/c1-15-12-32(9-8-26-15)21-7-4-17(10-27-21)22-23-20(30-31-22)11-28-25(29-23)34-18-5-6-19(34)14-33(13-18)24(35)16-2-3-16/h4,7,10-11,15-16,18-19,26H,2-3,5-6,8-9,12-14H2,1H3,(H,30,31)/t15-,18-,19+/m1/s1. The fraction of sp³-hybridized carbons (Fsp3) is 0.560. The second-order valence-electron chi connectivity index (χ2n) is 10.5. The Morgan fingerprint density at radius 1 is 1.03 bits per heavy atom. The van der Waals surface area contributed by atoms with Gasteiger partial charge in [-0.3, -0.25) is 9.89 Å². The number of hydrogen-bond donors (Lipinski definition) is 2. The van der Waals surface area contributed by atoms with E-state index in [0.717, 1.165) is 92.5 Å². The van der Waals surface area contributed by atoms with Gasteiger partial charge in [-0.05, 0) is 44.7 Å².